The Hall–Kier alpha value is -3.19. The lowest BCUT2D eigenvalue weighted by molar-refractivity contribution is 0.00109. The Balaban J connectivity index is 2.62. The van der Waals surface area contributed by atoms with Crippen molar-refractivity contribution in [1.29, 1.82) is 0 Å². The molecule has 1 amide bonds. The van der Waals surface area contributed by atoms with Gasteiger partial charge >= 0.3 is 0 Å². The molecule has 7 nitrogen and oxygen atoms in total. The van der Waals surface area contributed by atoms with Crippen molar-refractivity contribution in [2.75, 3.05) is 13.9 Å². The third-order valence-corrected chi connectivity index (χ3v) is 5.05. The van der Waals surface area contributed by atoms with Crippen molar-refractivity contribution in [3.05, 3.63) is 64.2 Å². The summed E-state index contributed by atoms with van der Waals surface area (Å²) >= 11 is 0. The van der Waals surface area contributed by atoms with E-state index in [1.807, 2.05) is 57.2 Å². The van der Waals surface area contributed by atoms with E-state index in [0.717, 1.165) is 34.4 Å². The normalized spacial score (nSPS) is 12.2. The molecule has 2 aromatic rings. The van der Waals surface area contributed by atoms with Gasteiger partial charge in [-0.05, 0) is 59.2 Å². The number of rotatable bonds is 9. The smallest absolute Gasteiger partial charge is 0.274 e. The third kappa shape index (κ3) is 5.95. The highest BCUT2D eigenvalue weighted by molar-refractivity contribution is 6.03. The number of amides is 1. The number of hydrogen-bond acceptors (Lipinski definition) is 6. The average molecular weight is 440 g/mol. The van der Waals surface area contributed by atoms with Gasteiger partial charge in [0.2, 0.25) is 6.79 Å². The quantitative estimate of drug-likeness (QED) is 0.355. The van der Waals surface area contributed by atoms with Crippen LogP contribution in [-0.2, 0) is 11.3 Å². The number of aliphatic hydroxyl groups is 1. The SMILES string of the molecule is CCc1c(OC)cccc1C(C)=NN(C(=O)c1cc(C)cc(C)c1)C(C)(C)C=NOCO. The van der Waals surface area contributed by atoms with Crippen LogP contribution in [0.1, 0.15) is 60.3 Å². The average Bonchev–Trinajstić information content (AvgIpc) is 2.75. The lowest BCUT2D eigenvalue weighted by Crippen LogP contribution is -2.46. The summed E-state index contributed by atoms with van der Waals surface area (Å²) in [6.07, 6.45) is 2.21. The van der Waals surface area contributed by atoms with Crippen LogP contribution in [0.25, 0.3) is 0 Å². The number of carbonyl (C=O) groups excluding carboxylic acids is 1. The number of ether oxygens (including phenoxy) is 1. The van der Waals surface area contributed by atoms with Crippen LogP contribution < -0.4 is 4.74 Å². The van der Waals surface area contributed by atoms with E-state index in [1.165, 1.54) is 11.2 Å². The predicted molar refractivity (Wildman–Crippen MR) is 127 cm³/mol. The summed E-state index contributed by atoms with van der Waals surface area (Å²) in [4.78, 5) is 18.3. The molecule has 0 fully saturated rings. The van der Waals surface area contributed by atoms with Crippen LogP contribution in [0, 0.1) is 13.8 Å². The number of hydrazone groups is 1. The highest BCUT2D eigenvalue weighted by Crippen LogP contribution is 2.25. The molecule has 0 saturated carbocycles. The Morgan fingerprint density at radius 1 is 1.19 bits per heavy atom. The predicted octanol–water partition coefficient (Wildman–Crippen LogP) is 4.47. The van der Waals surface area contributed by atoms with Gasteiger partial charge in [-0.2, -0.15) is 5.10 Å². The van der Waals surface area contributed by atoms with Crippen molar-refractivity contribution >= 4 is 17.8 Å². The lowest BCUT2D eigenvalue weighted by Gasteiger charge is -2.32. The second-order valence-corrected chi connectivity index (χ2v) is 8.17. The van der Waals surface area contributed by atoms with E-state index < -0.39 is 12.3 Å². The molecule has 32 heavy (non-hydrogen) atoms. The Morgan fingerprint density at radius 2 is 1.84 bits per heavy atom. The maximum atomic E-state index is 13.6. The van der Waals surface area contributed by atoms with Crippen LogP contribution in [-0.4, -0.2) is 47.4 Å². The highest BCUT2D eigenvalue weighted by atomic mass is 16.7. The molecule has 1 N–H and O–H groups in total. The molecule has 0 aromatic heterocycles. The van der Waals surface area contributed by atoms with Crippen LogP contribution >= 0.6 is 0 Å². The Labute approximate surface area is 190 Å². The standard InChI is InChI=1S/C25H33N3O4/c1-8-21-22(10-9-11-23(21)31-7)19(4)27-28(25(5,6)15-26-32-16-29)24(30)20-13-17(2)12-18(3)14-20/h9-15,29H,8,16H2,1-7H3. The first-order chi connectivity index (χ1) is 15.1. The van der Waals surface area contributed by atoms with Crippen LogP contribution in [0.15, 0.2) is 46.7 Å². The second-order valence-electron chi connectivity index (χ2n) is 8.17. The number of carbonyl (C=O) groups is 1. The van der Waals surface area contributed by atoms with E-state index in [1.54, 1.807) is 21.0 Å². The minimum atomic E-state index is -0.934. The molecule has 0 atom stereocenters. The number of aliphatic hydroxyl groups excluding tert-OH is 1. The first-order valence-electron chi connectivity index (χ1n) is 10.6. The summed E-state index contributed by atoms with van der Waals surface area (Å²) in [6, 6.07) is 11.5. The van der Waals surface area contributed by atoms with Gasteiger partial charge in [0.1, 0.15) is 5.75 Å². The number of aryl methyl sites for hydroxylation is 2. The summed E-state index contributed by atoms with van der Waals surface area (Å²) in [5.41, 5.74) is 4.18. The van der Waals surface area contributed by atoms with E-state index >= 15 is 0 Å². The van der Waals surface area contributed by atoms with E-state index in [0.29, 0.717) is 11.3 Å². The van der Waals surface area contributed by atoms with Gasteiger partial charge in [-0.1, -0.05) is 41.4 Å². The highest BCUT2D eigenvalue weighted by Gasteiger charge is 2.32. The fraction of sp³-hybridized carbons (Fsp3) is 0.400. The van der Waals surface area contributed by atoms with Crippen LogP contribution in [0.2, 0.25) is 0 Å². The summed E-state index contributed by atoms with van der Waals surface area (Å²) in [5, 5.41) is 18.8. The number of benzene rings is 2. The van der Waals surface area contributed by atoms with Crippen LogP contribution in [0.4, 0.5) is 0 Å². The van der Waals surface area contributed by atoms with Gasteiger partial charge in [-0.15, -0.1) is 0 Å². The Bertz CT molecular complexity index is 992. The fourth-order valence-electron chi connectivity index (χ4n) is 3.58. The molecule has 0 saturated heterocycles. The Morgan fingerprint density at radius 3 is 2.41 bits per heavy atom. The molecule has 2 aromatic carbocycles. The zero-order chi connectivity index (χ0) is 23.9. The maximum absolute atomic E-state index is 13.6. The second kappa shape index (κ2) is 10.9. The van der Waals surface area contributed by atoms with Gasteiger partial charge in [0.15, 0.2) is 0 Å². The molecule has 0 radical (unpaired) electrons. The molecule has 0 aliphatic rings. The summed E-state index contributed by atoms with van der Waals surface area (Å²) in [7, 11) is 1.64. The molecule has 0 unspecified atom stereocenters. The fourth-order valence-corrected chi connectivity index (χ4v) is 3.58. The van der Waals surface area contributed by atoms with Gasteiger partial charge < -0.3 is 14.7 Å². The van der Waals surface area contributed by atoms with E-state index in [4.69, 9.17) is 19.8 Å². The molecule has 172 valence electrons. The van der Waals surface area contributed by atoms with E-state index in [2.05, 4.69) is 12.1 Å². The molecule has 0 aliphatic carbocycles. The van der Waals surface area contributed by atoms with Gasteiger partial charge in [-0.25, -0.2) is 5.01 Å². The topological polar surface area (TPSA) is 83.7 Å². The van der Waals surface area contributed by atoms with Gasteiger partial charge in [-0.3, -0.25) is 4.79 Å². The zero-order valence-electron chi connectivity index (χ0n) is 20.0. The summed E-state index contributed by atoms with van der Waals surface area (Å²) in [5.74, 6) is 0.515. The van der Waals surface area contributed by atoms with Crippen LogP contribution in [0.3, 0.4) is 0 Å². The molecule has 7 heteroatoms. The van der Waals surface area contributed by atoms with Crippen molar-refractivity contribution in [2.24, 2.45) is 10.3 Å². The van der Waals surface area contributed by atoms with E-state index in [9.17, 15) is 4.79 Å². The van der Waals surface area contributed by atoms with Crippen molar-refractivity contribution in [3.8, 4) is 5.75 Å². The molecule has 2 rings (SSSR count). The van der Waals surface area contributed by atoms with Crippen molar-refractivity contribution in [3.63, 3.8) is 0 Å². The minimum absolute atomic E-state index is 0.266. The summed E-state index contributed by atoms with van der Waals surface area (Å²) < 4.78 is 5.51. The van der Waals surface area contributed by atoms with Crippen molar-refractivity contribution < 1.29 is 19.5 Å². The Kier molecular flexibility index (Phi) is 8.55. The zero-order valence-corrected chi connectivity index (χ0v) is 20.0. The number of hydrogen-bond donors (Lipinski definition) is 1. The largest absolute Gasteiger partial charge is 0.496 e. The number of nitrogens with zero attached hydrogens (tertiary/aromatic N) is 3. The molecular formula is C25H33N3O4. The first-order valence-corrected chi connectivity index (χ1v) is 10.6. The third-order valence-electron chi connectivity index (χ3n) is 5.05. The lowest BCUT2D eigenvalue weighted by atomic mass is 10.00. The van der Waals surface area contributed by atoms with Crippen molar-refractivity contribution in [2.45, 2.75) is 53.5 Å². The molecular weight excluding hydrogens is 406 g/mol. The van der Waals surface area contributed by atoms with Gasteiger partial charge in [0, 0.05) is 16.7 Å². The minimum Gasteiger partial charge on any atom is -0.496 e. The molecule has 0 heterocycles. The maximum Gasteiger partial charge on any atom is 0.274 e. The number of methoxy groups -OCH3 is 1. The van der Waals surface area contributed by atoms with Crippen molar-refractivity contribution in [1.82, 2.24) is 5.01 Å². The number of oxime groups is 1. The van der Waals surface area contributed by atoms with Gasteiger partial charge in [0.25, 0.3) is 5.91 Å². The summed E-state index contributed by atoms with van der Waals surface area (Å²) in [6.45, 7) is 10.9. The molecule has 0 spiro atoms. The monoisotopic (exact) mass is 439 g/mol. The van der Waals surface area contributed by atoms with E-state index in [-0.39, 0.29) is 5.91 Å². The molecule has 0 aliphatic heterocycles. The van der Waals surface area contributed by atoms with Crippen LogP contribution in [0.5, 0.6) is 5.75 Å². The first kappa shape index (κ1) is 25.1. The van der Waals surface area contributed by atoms with Gasteiger partial charge in [0.05, 0.1) is 24.6 Å². The molecule has 0 bridgehead atoms.